The second-order valence-corrected chi connectivity index (χ2v) is 7.54. The summed E-state index contributed by atoms with van der Waals surface area (Å²) in [4.78, 5) is 28.8. The molecular formula is C20H23N3O5. The van der Waals surface area contributed by atoms with Crippen LogP contribution < -0.4 is 11.0 Å². The van der Waals surface area contributed by atoms with Crippen LogP contribution in [0.3, 0.4) is 0 Å². The van der Waals surface area contributed by atoms with Gasteiger partial charge in [-0.25, -0.2) is 4.79 Å². The van der Waals surface area contributed by atoms with E-state index in [1.807, 2.05) is 26.8 Å². The predicted molar refractivity (Wildman–Crippen MR) is 101 cm³/mol. The number of ether oxygens (including phenoxy) is 3. The zero-order chi connectivity index (χ0) is 19.9. The molecule has 3 heterocycles. The lowest BCUT2D eigenvalue weighted by Gasteiger charge is -2.36. The Morgan fingerprint density at radius 3 is 2.68 bits per heavy atom. The number of aromatic nitrogens is 2. The summed E-state index contributed by atoms with van der Waals surface area (Å²) in [5.74, 6) is -0.909. The molecular weight excluding hydrogens is 362 g/mol. The first-order valence-electron chi connectivity index (χ1n) is 9.27. The van der Waals surface area contributed by atoms with E-state index in [1.165, 1.54) is 4.57 Å². The van der Waals surface area contributed by atoms with Crippen LogP contribution in [0.4, 0.5) is 5.82 Å². The lowest BCUT2D eigenvalue weighted by Crippen LogP contribution is -2.46. The Bertz CT molecular complexity index is 927. The second kappa shape index (κ2) is 7.12. The van der Waals surface area contributed by atoms with Crippen LogP contribution in [0.2, 0.25) is 0 Å². The van der Waals surface area contributed by atoms with Gasteiger partial charge in [0.2, 0.25) is 0 Å². The molecule has 2 saturated heterocycles. The van der Waals surface area contributed by atoms with Gasteiger partial charge in [-0.15, -0.1) is 0 Å². The van der Waals surface area contributed by atoms with Gasteiger partial charge < -0.3 is 19.5 Å². The van der Waals surface area contributed by atoms with E-state index in [1.54, 1.807) is 36.5 Å². The van der Waals surface area contributed by atoms with Crippen LogP contribution in [-0.2, 0) is 14.2 Å². The summed E-state index contributed by atoms with van der Waals surface area (Å²) in [6, 6.07) is 10.3. The van der Waals surface area contributed by atoms with Crippen LogP contribution in [-0.4, -0.2) is 40.1 Å². The largest absolute Gasteiger partial charge is 0.355 e. The Balaban J connectivity index is 1.51. The fourth-order valence-electron chi connectivity index (χ4n) is 3.73. The van der Waals surface area contributed by atoms with Crippen LogP contribution in [0.25, 0.3) is 0 Å². The second-order valence-electron chi connectivity index (χ2n) is 7.54. The molecule has 0 aliphatic carbocycles. The molecule has 1 aromatic heterocycles. The van der Waals surface area contributed by atoms with Crippen molar-refractivity contribution in [3.63, 3.8) is 0 Å². The van der Waals surface area contributed by atoms with Gasteiger partial charge in [0.25, 0.3) is 5.91 Å². The zero-order valence-corrected chi connectivity index (χ0v) is 16.0. The fraction of sp³-hybridized carbons (Fsp3) is 0.450. The van der Waals surface area contributed by atoms with Crippen LogP contribution in [0.1, 0.15) is 37.4 Å². The fourth-order valence-corrected chi connectivity index (χ4v) is 3.73. The van der Waals surface area contributed by atoms with E-state index >= 15 is 0 Å². The summed E-state index contributed by atoms with van der Waals surface area (Å²) >= 11 is 0. The van der Waals surface area contributed by atoms with Crippen LogP contribution in [0, 0.1) is 5.92 Å². The molecule has 2 aliphatic rings. The molecule has 4 atom stereocenters. The smallest absolute Gasteiger partial charge is 0.351 e. The van der Waals surface area contributed by atoms with E-state index < -0.39 is 17.7 Å². The van der Waals surface area contributed by atoms with E-state index in [9.17, 15) is 9.59 Å². The maximum atomic E-state index is 12.6. The summed E-state index contributed by atoms with van der Waals surface area (Å²) in [7, 11) is 0. The van der Waals surface area contributed by atoms with Crippen molar-refractivity contribution in [1.29, 1.82) is 0 Å². The number of rotatable bonds is 3. The van der Waals surface area contributed by atoms with Gasteiger partial charge in [-0.2, -0.15) is 4.98 Å². The molecule has 1 amide bonds. The quantitative estimate of drug-likeness (QED) is 0.871. The van der Waals surface area contributed by atoms with E-state index in [-0.39, 0.29) is 29.9 Å². The highest BCUT2D eigenvalue weighted by atomic mass is 16.8. The molecule has 8 nitrogen and oxygen atoms in total. The minimum atomic E-state index is -0.670. The maximum absolute atomic E-state index is 12.6. The standard InChI is InChI=1S/C20H23N3O5/c1-12-16-14(27-20(2,3)28-16)11-26-18(12)23-10-9-15(22-19(23)25)21-17(24)13-7-5-4-6-8-13/h4-10,12,14,16,18H,11H2,1-3H3,(H,21,22,24,25)/t12-,14+,16-,18-/m1/s1. The molecule has 2 aliphatic heterocycles. The number of hydrogen-bond acceptors (Lipinski definition) is 6. The van der Waals surface area contributed by atoms with E-state index in [4.69, 9.17) is 14.2 Å². The van der Waals surface area contributed by atoms with E-state index in [0.29, 0.717) is 12.2 Å². The van der Waals surface area contributed by atoms with Crippen molar-refractivity contribution in [3.05, 3.63) is 58.6 Å². The first-order valence-corrected chi connectivity index (χ1v) is 9.27. The Morgan fingerprint density at radius 1 is 1.21 bits per heavy atom. The van der Waals surface area contributed by atoms with Gasteiger partial charge in [0.15, 0.2) is 5.79 Å². The van der Waals surface area contributed by atoms with Crippen molar-refractivity contribution in [3.8, 4) is 0 Å². The molecule has 2 fully saturated rings. The molecule has 0 unspecified atom stereocenters. The van der Waals surface area contributed by atoms with Crippen molar-refractivity contribution in [2.75, 3.05) is 11.9 Å². The van der Waals surface area contributed by atoms with Gasteiger partial charge in [-0.3, -0.25) is 9.36 Å². The molecule has 28 heavy (non-hydrogen) atoms. The highest BCUT2D eigenvalue weighted by molar-refractivity contribution is 6.03. The average Bonchev–Trinajstić information content (AvgIpc) is 2.99. The summed E-state index contributed by atoms with van der Waals surface area (Å²) < 4.78 is 19.1. The number of nitrogens with one attached hydrogen (secondary N) is 1. The molecule has 0 spiro atoms. The van der Waals surface area contributed by atoms with Crippen LogP contribution in [0.15, 0.2) is 47.4 Å². The van der Waals surface area contributed by atoms with Crippen LogP contribution in [0.5, 0.6) is 0 Å². The molecule has 0 bridgehead atoms. The van der Waals surface area contributed by atoms with Crippen LogP contribution >= 0.6 is 0 Å². The number of carbonyl (C=O) groups excluding carboxylic acids is 1. The molecule has 0 radical (unpaired) electrons. The molecule has 4 rings (SSSR count). The number of benzene rings is 1. The number of nitrogens with zero attached hydrogens (tertiary/aromatic N) is 2. The highest BCUT2D eigenvalue weighted by Crippen LogP contribution is 2.40. The summed E-state index contributed by atoms with van der Waals surface area (Å²) in [5.41, 5.74) is -0.0101. The number of carbonyl (C=O) groups is 1. The van der Waals surface area contributed by atoms with Crippen molar-refractivity contribution >= 4 is 11.7 Å². The number of anilines is 1. The Labute approximate surface area is 162 Å². The first-order chi connectivity index (χ1) is 13.3. The maximum Gasteiger partial charge on any atom is 0.351 e. The van der Waals surface area contributed by atoms with Gasteiger partial charge in [-0.1, -0.05) is 25.1 Å². The minimum absolute atomic E-state index is 0.107. The van der Waals surface area contributed by atoms with Crippen molar-refractivity contribution in [2.45, 2.75) is 45.0 Å². The molecule has 8 heteroatoms. The molecule has 1 N–H and O–H groups in total. The molecule has 0 saturated carbocycles. The zero-order valence-electron chi connectivity index (χ0n) is 16.0. The summed E-state index contributed by atoms with van der Waals surface area (Å²) in [6.07, 6.45) is 0.739. The van der Waals surface area contributed by atoms with Gasteiger partial charge >= 0.3 is 5.69 Å². The third kappa shape index (κ3) is 3.58. The Morgan fingerprint density at radius 2 is 1.96 bits per heavy atom. The SMILES string of the molecule is C[C@@H]1[C@H]2OC(C)(C)O[C@H]2CO[C@H]1n1ccc(NC(=O)c2ccccc2)nc1=O. The van der Waals surface area contributed by atoms with E-state index in [2.05, 4.69) is 10.3 Å². The third-order valence-corrected chi connectivity index (χ3v) is 5.00. The van der Waals surface area contributed by atoms with Crippen molar-refractivity contribution in [1.82, 2.24) is 9.55 Å². The molecule has 1 aromatic carbocycles. The number of hydrogen-bond donors (Lipinski definition) is 1. The van der Waals surface area contributed by atoms with Crippen molar-refractivity contribution in [2.24, 2.45) is 5.92 Å². The lowest BCUT2D eigenvalue weighted by molar-refractivity contribution is -0.149. The molecule has 148 valence electrons. The monoisotopic (exact) mass is 385 g/mol. The average molecular weight is 385 g/mol. The topological polar surface area (TPSA) is 91.7 Å². The van der Waals surface area contributed by atoms with Gasteiger partial charge in [0.1, 0.15) is 18.1 Å². The minimum Gasteiger partial charge on any atom is -0.355 e. The summed E-state index contributed by atoms with van der Waals surface area (Å²) in [6.45, 7) is 6.03. The first kappa shape index (κ1) is 18.8. The van der Waals surface area contributed by atoms with Gasteiger partial charge in [0.05, 0.1) is 12.7 Å². The highest BCUT2D eigenvalue weighted by Gasteiger charge is 2.49. The molecule has 2 aromatic rings. The van der Waals surface area contributed by atoms with E-state index in [0.717, 1.165) is 0 Å². The Hall–Kier alpha value is -2.55. The Kier molecular flexibility index (Phi) is 4.78. The van der Waals surface area contributed by atoms with Crippen molar-refractivity contribution < 1.29 is 19.0 Å². The normalized spacial score (nSPS) is 28.5. The third-order valence-electron chi connectivity index (χ3n) is 5.00. The number of amides is 1. The van der Waals surface area contributed by atoms with Gasteiger partial charge in [0, 0.05) is 17.7 Å². The lowest BCUT2D eigenvalue weighted by atomic mass is 9.95. The predicted octanol–water partition coefficient (Wildman–Crippen LogP) is 2.18. The van der Waals surface area contributed by atoms with Gasteiger partial charge in [-0.05, 0) is 32.0 Å². The number of fused-ring (bicyclic) bond motifs is 1. The summed E-state index contributed by atoms with van der Waals surface area (Å²) in [5, 5.41) is 2.64.